The van der Waals surface area contributed by atoms with Crippen LogP contribution in [0.25, 0.3) is 0 Å². The number of ether oxygens (including phenoxy) is 1. The summed E-state index contributed by atoms with van der Waals surface area (Å²) in [6.45, 7) is 6.61. The first kappa shape index (κ1) is 12.8. The van der Waals surface area contributed by atoms with E-state index in [9.17, 15) is 4.79 Å². The van der Waals surface area contributed by atoms with Gasteiger partial charge in [-0.05, 0) is 37.6 Å². The smallest absolute Gasteiger partial charge is 0.224 e. The van der Waals surface area contributed by atoms with Gasteiger partial charge < -0.3 is 15.4 Å². The SMILES string of the molecule is CC1CNCC(C(=O)NCC2CCOCC2)C1. The zero-order valence-corrected chi connectivity index (χ0v) is 10.7. The van der Waals surface area contributed by atoms with Gasteiger partial charge in [-0.15, -0.1) is 0 Å². The van der Waals surface area contributed by atoms with Crippen LogP contribution in [0.15, 0.2) is 0 Å². The Labute approximate surface area is 103 Å². The highest BCUT2D eigenvalue weighted by Crippen LogP contribution is 2.17. The molecule has 2 aliphatic heterocycles. The quantitative estimate of drug-likeness (QED) is 0.766. The van der Waals surface area contributed by atoms with Gasteiger partial charge in [-0.1, -0.05) is 6.92 Å². The van der Waals surface area contributed by atoms with Gasteiger partial charge in [0.05, 0.1) is 5.92 Å². The van der Waals surface area contributed by atoms with Gasteiger partial charge in [0.25, 0.3) is 0 Å². The average Bonchev–Trinajstić information content (AvgIpc) is 2.37. The van der Waals surface area contributed by atoms with Crippen LogP contribution in [0, 0.1) is 17.8 Å². The third kappa shape index (κ3) is 3.96. The molecule has 2 aliphatic rings. The van der Waals surface area contributed by atoms with Crippen LogP contribution in [0.2, 0.25) is 0 Å². The molecule has 2 N–H and O–H groups in total. The van der Waals surface area contributed by atoms with Gasteiger partial charge in [0.15, 0.2) is 0 Å². The van der Waals surface area contributed by atoms with Crippen molar-refractivity contribution in [1.82, 2.24) is 10.6 Å². The van der Waals surface area contributed by atoms with Crippen molar-refractivity contribution in [1.29, 1.82) is 0 Å². The first-order valence-corrected chi connectivity index (χ1v) is 6.82. The minimum atomic E-state index is 0.165. The Bertz CT molecular complexity index is 252. The third-order valence-electron chi connectivity index (χ3n) is 3.85. The second kappa shape index (κ2) is 6.36. The molecule has 4 heteroatoms. The standard InChI is InChI=1S/C13H24N2O2/c1-10-6-12(9-14-7-10)13(16)15-8-11-2-4-17-5-3-11/h10-12,14H,2-9H2,1H3,(H,15,16). The number of nitrogens with one attached hydrogen (secondary N) is 2. The highest BCUT2D eigenvalue weighted by molar-refractivity contribution is 5.79. The van der Waals surface area contributed by atoms with Crippen molar-refractivity contribution in [2.75, 3.05) is 32.8 Å². The second-order valence-electron chi connectivity index (χ2n) is 5.50. The fraction of sp³-hybridized carbons (Fsp3) is 0.923. The molecule has 0 saturated carbocycles. The molecule has 0 aromatic heterocycles. The maximum Gasteiger partial charge on any atom is 0.224 e. The summed E-state index contributed by atoms with van der Waals surface area (Å²) >= 11 is 0. The summed E-state index contributed by atoms with van der Waals surface area (Å²) in [5, 5.41) is 6.43. The Morgan fingerprint density at radius 3 is 2.82 bits per heavy atom. The van der Waals surface area contributed by atoms with Gasteiger partial charge >= 0.3 is 0 Å². The largest absolute Gasteiger partial charge is 0.381 e. The molecule has 0 radical (unpaired) electrons. The first-order chi connectivity index (χ1) is 8.25. The van der Waals surface area contributed by atoms with Crippen LogP contribution in [0.5, 0.6) is 0 Å². The highest BCUT2D eigenvalue weighted by Gasteiger charge is 2.25. The summed E-state index contributed by atoms with van der Waals surface area (Å²) in [6.07, 6.45) is 3.19. The maximum absolute atomic E-state index is 12.0. The number of amides is 1. The lowest BCUT2D eigenvalue weighted by Gasteiger charge is -2.28. The van der Waals surface area contributed by atoms with Gasteiger partial charge in [0.1, 0.15) is 0 Å². The van der Waals surface area contributed by atoms with E-state index in [1.807, 2.05) is 0 Å². The van der Waals surface area contributed by atoms with Gasteiger partial charge in [0, 0.05) is 26.3 Å². The molecule has 2 saturated heterocycles. The lowest BCUT2D eigenvalue weighted by atomic mass is 9.91. The highest BCUT2D eigenvalue weighted by atomic mass is 16.5. The lowest BCUT2D eigenvalue weighted by Crippen LogP contribution is -2.44. The van der Waals surface area contributed by atoms with Crippen molar-refractivity contribution in [3.05, 3.63) is 0 Å². The molecular weight excluding hydrogens is 216 g/mol. The molecule has 2 unspecified atom stereocenters. The maximum atomic E-state index is 12.0. The number of carbonyl (C=O) groups is 1. The molecule has 0 aromatic rings. The number of hydrogen-bond acceptors (Lipinski definition) is 3. The van der Waals surface area contributed by atoms with Crippen molar-refractivity contribution in [3.8, 4) is 0 Å². The average molecular weight is 240 g/mol. The van der Waals surface area contributed by atoms with Crippen molar-refractivity contribution >= 4 is 5.91 Å². The van der Waals surface area contributed by atoms with Crippen LogP contribution >= 0.6 is 0 Å². The zero-order valence-electron chi connectivity index (χ0n) is 10.7. The molecule has 2 fully saturated rings. The summed E-state index contributed by atoms with van der Waals surface area (Å²) in [4.78, 5) is 12.0. The molecule has 0 bridgehead atoms. The monoisotopic (exact) mass is 240 g/mol. The number of hydrogen-bond donors (Lipinski definition) is 2. The van der Waals surface area contributed by atoms with Crippen LogP contribution in [0.4, 0.5) is 0 Å². The van der Waals surface area contributed by atoms with E-state index in [0.29, 0.717) is 11.8 Å². The van der Waals surface area contributed by atoms with E-state index in [4.69, 9.17) is 4.74 Å². The lowest BCUT2D eigenvalue weighted by molar-refractivity contribution is -0.126. The van der Waals surface area contributed by atoms with E-state index in [2.05, 4.69) is 17.6 Å². The molecule has 2 heterocycles. The predicted molar refractivity (Wildman–Crippen MR) is 66.7 cm³/mol. The van der Waals surface area contributed by atoms with Crippen LogP contribution in [0.3, 0.4) is 0 Å². The van der Waals surface area contributed by atoms with Crippen molar-refractivity contribution in [2.45, 2.75) is 26.2 Å². The Morgan fingerprint density at radius 1 is 1.35 bits per heavy atom. The van der Waals surface area contributed by atoms with Gasteiger partial charge in [-0.3, -0.25) is 4.79 Å². The molecule has 98 valence electrons. The molecule has 17 heavy (non-hydrogen) atoms. The molecule has 4 nitrogen and oxygen atoms in total. The topological polar surface area (TPSA) is 50.4 Å². The van der Waals surface area contributed by atoms with Crippen LogP contribution in [-0.2, 0) is 9.53 Å². The van der Waals surface area contributed by atoms with E-state index in [-0.39, 0.29) is 11.8 Å². The third-order valence-corrected chi connectivity index (χ3v) is 3.85. The van der Waals surface area contributed by atoms with Crippen molar-refractivity contribution < 1.29 is 9.53 Å². The van der Waals surface area contributed by atoms with Gasteiger partial charge in [-0.2, -0.15) is 0 Å². The minimum absolute atomic E-state index is 0.165. The molecule has 2 atom stereocenters. The summed E-state index contributed by atoms with van der Waals surface area (Å²) in [5.41, 5.74) is 0. The Balaban J connectivity index is 1.69. The van der Waals surface area contributed by atoms with Crippen LogP contribution in [0.1, 0.15) is 26.2 Å². The first-order valence-electron chi connectivity index (χ1n) is 6.82. The van der Waals surface area contributed by atoms with E-state index < -0.39 is 0 Å². The molecule has 0 spiro atoms. The molecular formula is C13H24N2O2. The van der Waals surface area contributed by atoms with Gasteiger partial charge in [-0.25, -0.2) is 0 Å². The normalized spacial score (nSPS) is 31.1. The van der Waals surface area contributed by atoms with Crippen molar-refractivity contribution in [2.24, 2.45) is 17.8 Å². The number of rotatable bonds is 3. The summed E-state index contributed by atoms with van der Waals surface area (Å²) in [5.74, 6) is 1.62. The van der Waals surface area contributed by atoms with Crippen LogP contribution < -0.4 is 10.6 Å². The number of carbonyl (C=O) groups excluding carboxylic acids is 1. The fourth-order valence-electron chi connectivity index (χ4n) is 2.70. The van der Waals surface area contributed by atoms with E-state index in [0.717, 1.165) is 52.1 Å². The molecule has 0 aromatic carbocycles. The molecule has 2 rings (SSSR count). The van der Waals surface area contributed by atoms with Crippen LogP contribution in [-0.4, -0.2) is 38.8 Å². The molecule has 0 aliphatic carbocycles. The molecule has 1 amide bonds. The summed E-state index contributed by atoms with van der Waals surface area (Å²) in [7, 11) is 0. The van der Waals surface area contributed by atoms with E-state index in [1.165, 1.54) is 0 Å². The zero-order chi connectivity index (χ0) is 12.1. The number of piperidine rings is 1. The minimum Gasteiger partial charge on any atom is -0.381 e. The van der Waals surface area contributed by atoms with Gasteiger partial charge in [0.2, 0.25) is 5.91 Å². The fourth-order valence-corrected chi connectivity index (χ4v) is 2.70. The Hall–Kier alpha value is -0.610. The predicted octanol–water partition coefficient (Wildman–Crippen LogP) is 0.775. The Morgan fingerprint density at radius 2 is 2.12 bits per heavy atom. The van der Waals surface area contributed by atoms with Crippen molar-refractivity contribution in [3.63, 3.8) is 0 Å². The Kier molecular flexibility index (Phi) is 4.80. The summed E-state index contributed by atoms with van der Waals surface area (Å²) < 4.78 is 5.31. The van der Waals surface area contributed by atoms with E-state index >= 15 is 0 Å². The summed E-state index contributed by atoms with van der Waals surface area (Å²) in [6, 6.07) is 0. The van der Waals surface area contributed by atoms with E-state index in [1.54, 1.807) is 0 Å². The second-order valence-corrected chi connectivity index (χ2v) is 5.50.